The molecule has 1 N–H and O–H groups in total. The summed E-state index contributed by atoms with van der Waals surface area (Å²) in [6.45, 7) is 2.11. The van der Waals surface area contributed by atoms with Gasteiger partial charge in [0, 0.05) is 18.2 Å². The van der Waals surface area contributed by atoms with Gasteiger partial charge in [-0.05, 0) is 30.7 Å². The molecule has 0 aliphatic rings. The lowest BCUT2D eigenvalue weighted by atomic mass is 10.1. The van der Waals surface area contributed by atoms with Crippen LogP contribution >= 0.6 is 0 Å². The van der Waals surface area contributed by atoms with E-state index in [1.807, 2.05) is 19.1 Å². The van der Waals surface area contributed by atoms with Crippen LogP contribution in [-0.4, -0.2) is 0 Å². The van der Waals surface area contributed by atoms with Crippen molar-refractivity contribution in [3.63, 3.8) is 0 Å². The van der Waals surface area contributed by atoms with E-state index in [-0.39, 0.29) is 6.54 Å². The highest BCUT2D eigenvalue weighted by atomic mass is 19.1. The van der Waals surface area contributed by atoms with Gasteiger partial charge in [-0.25, -0.2) is 8.78 Å². The lowest BCUT2D eigenvalue weighted by Gasteiger charge is -2.10. The van der Waals surface area contributed by atoms with E-state index in [9.17, 15) is 8.78 Å². The van der Waals surface area contributed by atoms with Crippen LogP contribution in [0, 0.1) is 29.9 Å². The number of hydrogen-bond donors (Lipinski definition) is 1. The van der Waals surface area contributed by atoms with Crippen LogP contribution in [0.25, 0.3) is 0 Å². The van der Waals surface area contributed by atoms with E-state index in [2.05, 4.69) is 11.4 Å². The minimum atomic E-state index is -0.602. The second kappa shape index (κ2) is 5.49. The van der Waals surface area contributed by atoms with Gasteiger partial charge in [-0.3, -0.25) is 0 Å². The van der Waals surface area contributed by atoms with E-state index >= 15 is 0 Å². The van der Waals surface area contributed by atoms with Crippen molar-refractivity contribution in [1.82, 2.24) is 0 Å². The Kier molecular flexibility index (Phi) is 3.76. The predicted octanol–water partition coefficient (Wildman–Crippen LogP) is 3.76. The molecule has 0 spiro atoms. The zero-order valence-corrected chi connectivity index (χ0v) is 10.4. The van der Waals surface area contributed by atoms with Crippen LogP contribution in [0.4, 0.5) is 14.5 Å². The van der Waals surface area contributed by atoms with Gasteiger partial charge in [-0.15, -0.1) is 0 Å². The maximum absolute atomic E-state index is 13.5. The average molecular weight is 258 g/mol. The summed E-state index contributed by atoms with van der Waals surface area (Å²) in [6.07, 6.45) is 0. The van der Waals surface area contributed by atoms with Gasteiger partial charge in [-0.2, -0.15) is 5.26 Å². The monoisotopic (exact) mass is 258 g/mol. The third-order valence-electron chi connectivity index (χ3n) is 2.78. The molecule has 96 valence electrons. The summed E-state index contributed by atoms with van der Waals surface area (Å²) in [5, 5.41) is 12.0. The van der Waals surface area contributed by atoms with Crippen LogP contribution in [0.2, 0.25) is 0 Å². The Hall–Kier alpha value is -2.41. The van der Waals surface area contributed by atoms with Crippen molar-refractivity contribution in [2.24, 2.45) is 0 Å². The van der Waals surface area contributed by atoms with Gasteiger partial charge in [0.25, 0.3) is 0 Å². The number of halogens is 2. The number of rotatable bonds is 3. The zero-order valence-electron chi connectivity index (χ0n) is 10.4. The van der Waals surface area contributed by atoms with Crippen LogP contribution in [0.3, 0.4) is 0 Å². The van der Waals surface area contributed by atoms with Crippen molar-refractivity contribution in [3.8, 4) is 6.07 Å². The topological polar surface area (TPSA) is 35.8 Å². The third-order valence-corrected chi connectivity index (χ3v) is 2.78. The molecule has 2 nitrogen and oxygen atoms in total. The molecule has 2 aromatic carbocycles. The molecule has 0 radical (unpaired) electrons. The maximum atomic E-state index is 13.5. The van der Waals surface area contributed by atoms with E-state index in [4.69, 9.17) is 5.26 Å². The van der Waals surface area contributed by atoms with Gasteiger partial charge < -0.3 is 5.32 Å². The van der Waals surface area contributed by atoms with Crippen molar-refractivity contribution < 1.29 is 8.78 Å². The molecule has 0 aromatic heterocycles. The molecule has 0 fully saturated rings. The molecule has 19 heavy (non-hydrogen) atoms. The molecule has 0 amide bonds. The summed E-state index contributed by atoms with van der Waals surface area (Å²) in [4.78, 5) is 0. The highest BCUT2D eigenvalue weighted by Gasteiger charge is 2.06. The number of nitriles is 1. The Labute approximate surface area is 110 Å². The number of nitrogens with zero attached hydrogens (tertiary/aromatic N) is 1. The molecule has 2 rings (SSSR count). The number of hydrogen-bond acceptors (Lipinski definition) is 2. The fourth-order valence-corrected chi connectivity index (χ4v) is 1.76. The summed E-state index contributed by atoms with van der Waals surface area (Å²) in [7, 11) is 0. The molecule has 0 bridgehead atoms. The first-order chi connectivity index (χ1) is 9.10. The molecule has 2 aromatic rings. The quantitative estimate of drug-likeness (QED) is 0.909. The molecule has 0 atom stereocenters. The second-order valence-corrected chi connectivity index (χ2v) is 4.25. The number of nitrogens with one attached hydrogen (secondary N) is 1. The standard InChI is InChI=1S/C15H12F2N2/c1-10-2-3-11(8-18)15(6-10)19-9-12-4-5-13(16)7-14(12)17/h2-7,19H,9H2,1H3. The van der Waals surface area contributed by atoms with Crippen molar-refractivity contribution >= 4 is 5.69 Å². The average Bonchev–Trinajstić information content (AvgIpc) is 2.38. The van der Waals surface area contributed by atoms with Crippen LogP contribution < -0.4 is 5.32 Å². The zero-order chi connectivity index (χ0) is 13.8. The van der Waals surface area contributed by atoms with Crippen molar-refractivity contribution in [2.45, 2.75) is 13.5 Å². The summed E-state index contributed by atoms with van der Waals surface area (Å²) in [5.74, 6) is -1.20. The molecule has 0 saturated heterocycles. The van der Waals surface area contributed by atoms with Crippen molar-refractivity contribution in [2.75, 3.05) is 5.32 Å². The van der Waals surface area contributed by atoms with E-state index < -0.39 is 11.6 Å². The fourth-order valence-electron chi connectivity index (χ4n) is 1.76. The third kappa shape index (κ3) is 3.08. The molecule has 0 heterocycles. The van der Waals surface area contributed by atoms with Gasteiger partial charge in [0.15, 0.2) is 0 Å². The number of anilines is 1. The summed E-state index contributed by atoms with van der Waals surface area (Å²) in [5.41, 5.74) is 2.49. The number of aryl methyl sites for hydroxylation is 1. The van der Waals surface area contributed by atoms with Gasteiger partial charge in [0.1, 0.15) is 17.7 Å². The molecule has 4 heteroatoms. The Bertz CT molecular complexity index is 645. The highest BCUT2D eigenvalue weighted by Crippen LogP contribution is 2.18. The van der Waals surface area contributed by atoms with Crippen molar-refractivity contribution in [3.05, 3.63) is 64.7 Å². The molecule has 0 saturated carbocycles. The molecule has 0 aliphatic carbocycles. The number of benzene rings is 2. The van der Waals surface area contributed by atoms with Crippen LogP contribution in [-0.2, 0) is 6.54 Å². The molecule has 0 aliphatic heterocycles. The van der Waals surface area contributed by atoms with Gasteiger partial charge in [0.05, 0.1) is 11.3 Å². The minimum Gasteiger partial charge on any atom is -0.380 e. The highest BCUT2D eigenvalue weighted by molar-refractivity contribution is 5.59. The van der Waals surface area contributed by atoms with Gasteiger partial charge >= 0.3 is 0 Å². The van der Waals surface area contributed by atoms with E-state index in [1.54, 1.807) is 6.07 Å². The second-order valence-electron chi connectivity index (χ2n) is 4.25. The minimum absolute atomic E-state index is 0.199. The fraction of sp³-hybridized carbons (Fsp3) is 0.133. The molecular weight excluding hydrogens is 246 g/mol. The lowest BCUT2D eigenvalue weighted by molar-refractivity contribution is 0.574. The Morgan fingerprint density at radius 2 is 1.95 bits per heavy atom. The largest absolute Gasteiger partial charge is 0.380 e. The van der Waals surface area contributed by atoms with Crippen LogP contribution in [0.1, 0.15) is 16.7 Å². The summed E-state index contributed by atoms with van der Waals surface area (Å²) in [6, 6.07) is 10.9. The summed E-state index contributed by atoms with van der Waals surface area (Å²) < 4.78 is 26.2. The van der Waals surface area contributed by atoms with E-state index in [0.717, 1.165) is 11.6 Å². The smallest absolute Gasteiger partial charge is 0.131 e. The van der Waals surface area contributed by atoms with E-state index in [0.29, 0.717) is 16.8 Å². The first kappa shape index (κ1) is 13.0. The maximum Gasteiger partial charge on any atom is 0.131 e. The summed E-state index contributed by atoms with van der Waals surface area (Å²) >= 11 is 0. The first-order valence-corrected chi connectivity index (χ1v) is 5.78. The normalized spacial score (nSPS) is 10.0. The van der Waals surface area contributed by atoms with Crippen molar-refractivity contribution in [1.29, 1.82) is 5.26 Å². The lowest BCUT2D eigenvalue weighted by Crippen LogP contribution is -2.04. The van der Waals surface area contributed by atoms with Gasteiger partial charge in [-0.1, -0.05) is 12.1 Å². The van der Waals surface area contributed by atoms with Gasteiger partial charge in [0.2, 0.25) is 0 Å². The Morgan fingerprint density at radius 1 is 1.16 bits per heavy atom. The molecule has 0 unspecified atom stereocenters. The molecular formula is C15H12F2N2. The predicted molar refractivity (Wildman–Crippen MR) is 69.6 cm³/mol. The first-order valence-electron chi connectivity index (χ1n) is 5.78. The SMILES string of the molecule is Cc1ccc(C#N)c(NCc2ccc(F)cc2F)c1. The van der Waals surface area contributed by atoms with E-state index in [1.165, 1.54) is 12.1 Å². The van der Waals surface area contributed by atoms with Crippen LogP contribution in [0.15, 0.2) is 36.4 Å². The Morgan fingerprint density at radius 3 is 2.63 bits per heavy atom. The van der Waals surface area contributed by atoms with Crippen LogP contribution in [0.5, 0.6) is 0 Å². The Balaban J connectivity index is 2.19.